The largest absolute Gasteiger partial charge is 0.444 e. The molecule has 202 valence electrons. The second kappa shape index (κ2) is 10.8. The summed E-state index contributed by atoms with van der Waals surface area (Å²) in [5.74, 6) is 0.275. The Morgan fingerprint density at radius 3 is 2.37 bits per heavy atom. The highest BCUT2D eigenvalue weighted by atomic mass is 16.6. The van der Waals surface area contributed by atoms with Crippen LogP contribution in [0.1, 0.15) is 57.1 Å². The van der Waals surface area contributed by atoms with E-state index in [2.05, 4.69) is 17.4 Å². The lowest BCUT2D eigenvalue weighted by Crippen LogP contribution is -2.43. The van der Waals surface area contributed by atoms with Crippen LogP contribution in [0.2, 0.25) is 0 Å². The van der Waals surface area contributed by atoms with Crippen molar-refractivity contribution in [1.29, 1.82) is 0 Å². The van der Waals surface area contributed by atoms with Crippen molar-refractivity contribution in [2.45, 2.75) is 58.0 Å². The van der Waals surface area contributed by atoms with Crippen molar-refractivity contribution in [3.63, 3.8) is 0 Å². The van der Waals surface area contributed by atoms with Crippen LogP contribution in [0.15, 0.2) is 54.6 Å². The predicted octanol–water partition coefficient (Wildman–Crippen LogP) is 5.08. The van der Waals surface area contributed by atoms with Gasteiger partial charge >= 0.3 is 6.09 Å². The molecule has 1 unspecified atom stereocenters. The number of hydrogen-bond acceptors (Lipinski definition) is 4. The maximum atomic E-state index is 14.1. The summed E-state index contributed by atoms with van der Waals surface area (Å²) in [5.41, 5.74) is 2.28. The average Bonchev–Trinajstić information content (AvgIpc) is 3.61. The second-order valence-electron chi connectivity index (χ2n) is 12.2. The van der Waals surface area contributed by atoms with Gasteiger partial charge in [-0.05, 0) is 75.0 Å². The lowest BCUT2D eigenvalue weighted by atomic mass is 9.87. The van der Waals surface area contributed by atoms with Gasteiger partial charge in [0.2, 0.25) is 11.8 Å². The lowest BCUT2D eigenvalue weighted by molar-refractivity contribution is -0.136. The Labute approximate surface area is 225 Å². The molecule has 3 aliphatic rings. The van der Waals surface area contributed by atoms with Crippen molar-refractivity contribution in [3.8, 4) is 0 Å². The van der Waals surface area contributed by atoms with Crippen LogP contribution in [0.4, 0.5) is 10.5 Å². The van der Waals surface area contributed by atoms with E-state index in [-0.39, 0.29) is 36.2 Å². The Balaban J connectivity index is 1.38. The molecule has 1 saturated carbocycles. The van der Waals surface area contributed by atoms with E-state index in [0.717, 1.165) is 30.5 Å². The molecule has 2 aromatic carbocycles. The fraction of sp³-hybridized carbons (Fsp3) is 0.516. The van der Waals surface area contributed by atoms with E-state index in [9.17, 15) is 14.4 Å². The van der Waals surface area contributed by atoms with Crippen LogP contribution in [-0.4, -0.2) is 59.5 Å². The first-order valence-corrected chi connectivity index (χ1v) is 13.9. The molecule has 3 atom stereocenters. The van der Waals surface area contributed by atoms with Crippen LogP contribution in [0.25, 0.3) is 0 Å². The molecule has 0 aromatic heterocycles. The summed E-state index contributed by atoms with van der Waals surface area (Å²) in [6, 6.07) is 18.0. The number of amides is 3. The third-order valence-electron chi connectivity index (χ3n) is 7.81. The van der Waals surface area contributed by atoms with Crippen molar-refractivity contribution in [2.24, 2.45) is 17.8 Å². The predicted molar refractivity (Wildman–Crippen MR) is 147 cm³/mol. The number of ether oxygens (including phenoxy) is 1. The highest BCUT2D eigenvalue weighted by Gasteiger charge is 2.41. The summed E-state index contributed by atoms with van der Waals surface area (Å²) < 4.78 is 5.70. The van der Waals surface area contributed by atoms with Crippen molar-refractivity contribution in [3.05, 3.63) is 65.7 Å². The number of carbonyl (C=O) groups is 3. The number of hydrogen-bond donors (Lipinski definition) is 1. The number of benzene rings is 2. The number of nitrogens with one attached hydrogen (secondary N) is 1. The Morgan fingerprint density at radius 1 is 0.974 bits per heavy atom. The van der Waals surface area contributed by atoms with Crippen LogP contribution >= 0.6 is 0 Å². The molecule has 2 heterocycles. The van der Waals surface area contributed by atoms with E-state index >= 15 is 0 Å². The molecule has 2 aromatic rings. The molecule has 1 N–H and O–H groups in total. The normalized spacial score (nSPS) is 23.0. The Bertz CT molecular complexity index is 1170. The Hall–Kier alpha value is -3.35. The first-order valence-electron chi connectivity index (χ1n) is 13.9. The second-order valence-corrected chi connectivity index (χ2v) is 12.2. The number of rotatable bonds is 7. The number of fused-ring (bicyclic) bond motifs is 1. The molecule has 2 aliphatic heterocycles. The van der Waals surface area contributed by atoms with Crippen molar-refractivity contribution in [2.75, 3.05) is 31.5 Å². The molecule has 0 spiro atoms. The molecule has 0 bridgehead atoms. The maximum Gasteiger partial charge on any atom is 0.410 e. The van der Waals surface area contributed by atoms with Crippen LogP contribution in [0.5, 0.6) is 0 Å². The summed E-state index contributed by atoms with van der Waals surface area (Å²) in [5, 5.41) is 2.91. The van der Waals surface area contributed by atoms with Gasteiger partial charge in [0.15, 0.2) is 0 Å². The van der Waals surface area contributed by atoms with Gasteiger partial charge in [-0.15, -0.1) is 0 Å². The van der Waals surface area contributed by atoms with E-state index in [0.29, 0.717) is 32.1 Å². The molecule has 38 heavy (non-hydrogen) atoms. The first kappa shape index (κ1) is 26.3. The molecule has 2 fully saturated rings. The van der Waals surface area contributed by atoms with Gasteiger partial charge in [0.25, 0.3) is 0 Å². The molecule has 7 heteroatoms. The molecular formula is C31H39N3O4. The fourth-order valence-corrected chi connectivity index (χ4v) is 5.77. The van der Waals surface area contributed by atoms with Gasteiger partial charge in [0.05, 0.1) is 5.92 Å². The van der Waals surface area contributed by atoms with E-state index in [1.54, 1.807) is 0 Å². The minimum atomic E-state index is -0.562. The minimum Gasteiger partial charge on any atom is -0.444 e. The number of para-hydroxylation sites is 1. The summed E-state index contributed by atoms with van der Waals surface area (Å²) in [4.78, 5) is 43.4. The topological polar surface area (TPSA) is 79.0 Å². The summed E-state index contributed by atoms with van der Waals surface area (Å²) in [7, 11) is 0. The van der Waals surface area contributed by atoms with Gasteiger partial charge < -0.3 is 19.9 Å². The lowest BCUT2D eigenvalue weighted by Gasteiger charge is -2.33. The van der Waals surface area contributed by atoms with Gasteiger partial charge in [-0.3, -0.25) is 9.59 Å². The summed E-state index contributed by atoms with van der Waals surface area (Å²) in [6.45, 7) is 8.10. The molecule has 1 saturated heterocycles. The van der Waals surface area contributed by atoms with Gasteiger partial charge in [-0.1, -0.05) is 48.5 Å². The molecule has 7 nitrogen and oxygen atoms in total. The highest BCUT2D eigenvalue weighted by molar-refractivity contribution is 6.01. The van der Waals surface area contributed by atoms with Crippen molar-refractivity contribution in [1.82, 2.24) is 9.80 Å². The zero-order chi connectivity index (χ0) is 26.9. The Morgan fingerprint density at radius 2 is 1.66 bits per heavy atom. The van der Waals surface area contributed by atoms with Crippen LogP contribution in [0.3, 0.4) is 0 Å². The maximum absolute atomic E-state index is 14.1. The molecule has 0 radical (unpaired) electrons. The molecule has 1 aliphatic carbocycles. The van der Waals surface area contributed by atoms with Gasteiger partial charge in [-0.25, -0.2) is 4.79 Å². The van der Waals surface area contributed by atoms with E-state index < -0.39 is 11.5 Å². The number of nitrogens with zero attached hydrogens (tertiary/aromatic N) is 2. The zero-order valence-electron chi connectivity index (χ0n) is 22.7. The van der Waals surface area contributed by atoms with E-state index in [4.69, 9.17) is 4.74 Å². The third-order valence-corrected chi connectivity index (χ3v) is 7.81. The standard InChI is InChI=1S/C31H39N3O4/c1-31(2,3)38-30(37)34-18-23(15-21-9-5-4-6-10-21)24(20-34)19-33(17-22-13-14-22)29(36)26-16-28(35)32-27-12-8-7-11-25(26)27/h4-12,22-24,26H,13-20H2,1-3H3,(H,32,35)/t23-,24-,26?/m1/s1. The van der Waals surface area contributed by atoms with Crippen LogP contribution in [-0.2, 0) is 20.7 Å². The van der Waals surface area contributed by atoms with E-state index in [1.165, 1.54) is 5.56 Å². The molecule has 3 amide bonds. The average molecular weight is 518 g/mol. The SMILES string of the molecule is CC(C)(C)OC(=O)N1C[C@@H](Cc2ccccc2)[C@H](CN(CC2CC2)C(=O)C2CC(=O)Nc3ccccc32)C1. The smallest absolute Gasteiger partial charge is 0.410 e. The zero-order valence-corrected chi connectivity index (χ0v) is 22.7. The Kier molecular flexibility index (Phi) is 7.46. The number of anilines is 1. The highest BCUT2D eigenvalue weighted by Crippen LogP contribution is 2.37. The quantitative estimate of drug-likeness (QED) is 0.556. The molecule has 5 rings (SSSR count). The van der Waals surface area contributed by atoms with E-state index in [1.807, 2.05) is 73.0 Å². The third kappa shape index (κ3) is 6.37. The van der Waals surface area contributed by atoms with Gasteiger partial charge in [-0.2, -0.15) is 0 Å². The van der Waals surface area contributed by atoms with Crippen molar-refractivity contribution < 1.29 is 19.1 Å². The van der Waals surface area contributed by atoms with Crippen LogP contribution in [0, 0.1) is 17.8 Å². The monoisotopic (exact) mass is 517 g/mol. The minimum absolute atomic E-state index is 0.0216. The van der Waals surface area contributed by atoms with Gasteiger partial charge in [0.1, 0.15) is 5.60 Å². The first-order chi connectivity index (χ1) is 18.2. The molecular weight excluding hydrogens is 478 g/mol. The summed E-state index contributed by atoms with van der Waals surface area (Å²) >= 11 is 0. The van der Waals surface area contributed by atoms with Crippen LogP contribution < -0.4 is 5.32 Å². The van der Waals surface area contributed by atoms with Crippen molar-refractivity contribution >= 4 is 23.6 Å². The number of carbonyl (C=O) groups excluding carboxylic acids is 3. The fourth-order valence-electron chi connectivity index (χ4n) is 5.77. The summed E-state index contributed by atoms with van der Waals surface area (Å²) in [6.07, 6.45) is 2.97. The van der Waals surface area contributed by atoms with Gasteiger partial charge in [0, 0.05) is 38.3 Å². The number of likely N-dealkylation sites (tertiary alicyclic amines) is 1.